The fourth-order valence-electron chi connectivity index (χ4n) is 17.1. The Balaban J connectivity index is 0.844. The third-order valence-corrected chi connectivity index (χ3v) is 33.5. The van der Waals surface area contributed by atoms with Crippen LogP contribution in [0, 0.1) is 0 Å². The van der Waals surface area contributed by atoms with Crippen molar-refractivity contribution in [3.63, 3.8) is 0 Å². The lowest BCUT2D eigenvalue weighted by Crippen LogP contribution is -2.67. The summed E-state index contributed by atoms with van der Waals surface area (Å²) in [6, 6.07) is 61.7. The Hall–Kier alpha value is -8.15. The molecule has 5 aliphatic rings. The van der Waals surface area contributed by atoms with Gasteiger partial charge in [-0.3, -0.25) is 0 Å². The maximum absolute atomic E-state index is 13.3. The summed E-state index contributed by atoms with van der Waals surface area (Å²) in [5.41, 5.74) is 10.9. The second-order valence-electron chi connectivity index (χ2n) is 37.8. The normalized spacial score (nSPS) is 18.9. The van der Waals surface area contributed by atoms with Crippen LogP contribution in [-0.4, -0.2) is 125 Å². The molecule has 0 radical (unpaired) electrons. The first-order chi connectivity index (χ1) is 51.0. The van der Waals surface area contributed by atoms with Crippen molar-refractivity contribution in [1.29, 1.82) is 0 Å². The topological polar surface area (TPSA) is 133 Å². The summed E-state index contributed by atoms with van der Waals surface area (Å²) in [6.07, 6.45) is 5.22. The van der Waals surface area contributed by atoms with Gasteiger partial charge in [0, 0.05) is 51.9 Å². The van der Waals surface area contributed by atoms with Gasteiger partial charge in [0.05, 0.1) is 37.4 Å². The highest BCUT2D eigenvalue weighted by molar-refractivity contribution is 7.00. The number of ether oxygens (including phenoxy) is 2. The molecule has 12 nitrogen and oxygen atoms in total. The number of rotatable bonds is 16. The monoisotopic (exact) mass is 1490 g/mol. The van der Waals surface area contributed by atoms with Crippen molar-refractivity contribution in [3.8, 4) is 23.0 Å². The average molecular weight is 1490 g/mol. The van der Waals surface area contributed by atoms with Gasteiger partial charge in [0.15, 0.2) is 11.9 Å². The van der Waals surface area contributed by atoms with Crippen molar-refractivity contribution >= 4 is 49.3 Å². The largest absolute Gasteiger partial charge is 0.507 e. The summed E-state index contributed by atoms with van der Waals surface area (Å²) in [4.78, 5) is 15.8. The fraction of sp³-hybridized carbons (Fsp3) is 0.468. The van der Waals surface area contributed by atoms with E-state index < -0.39 is 16.6 Å². The molecule has 8 aromatic carbocycles. The highest BCUT2D eigenvalue weighted by atomic mass is 28.4. The molecule has 2 fully saturated rings. The van der Waals surface area contributed by atoms with E-state index in [4.69, 9.17) is 28.3 Å². The summed E-state index contributed by atoms with van der Waals surface area (Å²) >= 11 is 0. The molecule has 1 aliphatic carbocycles. The molecule has 8 aromatic rings. The Morgan fingerprint density at radius 1 is 0.352 bits per heavy atom. The van der Waals surface area contributed by atoms with E-state index >= 15 is 0 Å². The SMILES string of the molecule is CC(C)(C)c1cc2c(O)c(c1)Cc1cc(C(C)(C)C)cc(c1OC[C@H]1CCN3CC[C@H](CO[Si](c4ccccc4)(c4ccccc4)C(C)(C)C)N=C3N1)Cc1cc(C(C)(C)C)cc(c1O)Cc1cc(C(C)(C)C)cc(c1OC[C@H]1CCN3CC[C@H](CO[Si](c4ccccc4)(c4ccccc4)C(C)(C)C)N=C3N1)C2. The lowest BCUT2D eigenvalue weighted by atomic mass is 9.79. The van der Waals surface area contributed by atoms with Crippen LogP contribution < -0.4 is 40.9 Å². The van der Waals surface area contributed by atoms with E-state index in [0.29, 0.717) is 52.1 Å². The van der Waals surface area contributed by atoms with Crippen LogP contribution in [0.5, 0.6) is 23.0 Å². The summed E-state index contributed by atoms with van der Waals surface area (Å²) in [6.45, 7) is 46.6. The minimum Gasteiger partial charge on any atom is -0.507 e. The summed E-state index contributed by atoms with van der Waals surface area (Å²) in [7, 11) is -5.59. The molecule has 108 heavy (non-hydrogen) atoms. The highest BCUT2D eigenvalue weighted by Crippen LogP contribution is 2.46. The van der Waals surface area contributed by atoms with Crippen molar-refractivity contribution in [2.75, 3.05) is 52.6 Å². The van der Waals surface area contributed by atoms with E-state index in [1.807, 2.05) is 0 Å². The minimum atomic E-state index is -2.79. The van der Waals surface area contributed by atoms with Crippen LogP contribution in [0.1, 0.15) is 217 Å². The summed E-state index contributed by atoms with van der Waals surface area (Å²) in [5.74, 6) is 3.96. The van der Waals surface area contributed by atoms with Gasteiger partial charge in [-0.2, -0.15) is 0 Å². The highest BCUT2D eigenvalue weighted by Gasteiger charge is 2.52. The smallest absolute Gasteiger partial charge is 0.261 e. The molecular formula is C94H122N6O6Si2. The Kier molecular flexibility index (Phi) is 22.1. The Morgan fingerprint density at radius 2 is 0.602 bits per heavy atom. The molecule has 4 heterocycles. The summed E-state index contributed by atoms with van der Waals surface area (Å²) < 4.78 is 30.0. The van der Waals surface area contributed by atoms with Crippen molar-refractivity contribution in [3.05, 3.63) is 237 Å². The second kappa shape index (κ2) is 30.6. The Bertz CT molecular complexity index is 4090. The molecular weight excluding hydrogens is 1370 g/mol. The lowest BCUT2D eigenvalue weighted by molar-refractivity contribution is 0.206. The van der Waals surface area contributed by atoms with Gasteiger partial charge in [0.2, 0.25) is 0 Å². The van der Waals surface area contributed by atoms with Gasteiger partial charge >= 0.3 is 0 Å². The van der Waals surface area contributed by atoms with Gasteiger partial charge in [-0.15, -0.1) is 0 Å². The van der Waals surface area contributed by atoms with Gasteiger partial charge in [0.25, 0.3) is 16.6 Å². The number of phenols is 2. The number of benzene rings is 8. The summed E-state index contributed by atoms with van der Waals surface area (Å²) in [5, 5.41) is 39.2. The van der Waals surface area contributed by atoms with E-state index in [2.05, 4.69) is 315 Å². The van der Waals surface area contributed by atoms with Crippen molar-refractivity contribution in [1.82, 2.24) is 20.4 Å². The number of aliphatic imine (C=N–C) groups is 2. The van der Waals surface area contributed by atoms with E-state index in [1.165, 1.54) is 20.7 Å². The number of hydrogen-bond donors (Lipinski definition) is 4. The molecule has 4 aliphatic heterocycles. The Morgan fingerprint density at radius 3 is 0.852 bits per heavy atom. The van der Waals surface area contributed by atoms with Gasteiger partial charge in [0.1, 0.15) is 36.2 Å². The van der Waals surface area contributed by atoms with E-state index in [0.717, 1.165) is 142 Å². The quantitative estimate of drug-likeness (QED) is 0.0693. The number of hydrogen-bond acceptors (Lipinski definition) is 12. The average Bonchev–Trinajstić information content (AvgIpc) is 0.753. The molecule has 572 valence electrons. The maximum atomic E-state index is 13.3. The molecule has 4 N–H and O–H groups in total. The van der Waals surface area contributed by atoms with Crippen LogP contribution >= 0.6 is 0 Å². The third-order valence-electron chi connectivity index (χ3n) is 23.5. The van der Waals surface area contributed by atoms with Crippen LogP contribution in [-0.2, 0) is 56.2 Å². The molecule has 0 aromatic heterocycles. The zero-order valence-corrected chi connectivity index (χ0v) is 70.1. The maximum Gasteiger partial charge on any atom is 0.261 e. The van der Waals surface area contributed by atoms with Crippen LogP contribution in [0.3, 0.4) is 0 Å². The molecule has 2 saturated heterocycles. The number of nitrogens with zero attached hydrogens (tertiary/aromatic N) is 4. The molecule has 4 atom stereocenters. The fourth-order valence-corrected chi connectivity index (χ4v) is 26.3. The molecule has 0 amide bonds. The number of fused-ring (bicyclic) bond motifs is 10. The predicted octanol–water partition coefficient (Wildman–Crippen LogP) is 16.5. The van der Waals surface area contributed by atoms with Crippen LogP contribution in [0.2, 0.25) is 10.1 Å². The molecule has 0 saturated carbocycles. The minimum absolute atomic E-state index is 0.0261. The van der Waals surface area contributed by atoms with Crippen molar-refractivity contribution < 1.29 is 28.5 Å². The number of aromatic hydroxyl groups is 2. The van der Waals surface area contributed by atoms with Crippen LogP contribution in [0.15, 0.2) is 180 Å². The van der Waals surface area contributed by atoms with Gasteiger partial charge in [-0.25, -0.2) is 9.98 Å². The van der Waals surface area contributed by atoms with Gasteiger partial charge < -0.3 is 49.0 Å². The first-order valence-electron chi connectivity index (χ1n) is 40.0. The first-order valence-corrected chi connectivity index (χ1v) is 43.8. The molecule has 13 rings (SSSR count). The molecule has 8 bridgehead atoms. The zero-order valence-electron chi connectivity index (χ0n) is 68.1. The van der Waals surface area contributed by atoms with Gasteiger partial charge in [-0.05, 0) is 145 Å². The zero-order chi connectivity index (χ0) is 76.9. The first kappa shape index (κ1) is 78.0. The number of guanidine groups is 2. The van der Waals surface area contributed by atoms with Gasteiger partial charge in [-0.1, -0.05) is 294 Å². The van der Waals surface area contributed by atoms with E-state index in [1.54, 1.807) is 0 Å². The lowest BCUT2D eigenvalue weighted by Gasteiger charge is -2.44. The standard InChI is InChI=1S/C94H122N6O6Si2/c1-89(2,3)71-51-63-47-67-55-73(91(7,8)9)57-69(85(67)103-59-75-39-43-99-45-41-77(97-87(99)95-75)61-105-107(93(13,14)15,79-31-23-19-24-32-79)80-33-25-20-26-34-80)49-65-53-72(90(4,5)6)54-66(84(65)102)50-70-58-74(92(10,11)12)56-68(48-64(52-71)83(63)101)86(70)104-60-76-40-44-100-46-42-78(98-88(100)96-76)62-106-108(94(16,17)18,81-35-27-21-28-36-81)82-37-29-22-30-38-82/h19-38,51-58,75-78,101-102H,39-50,59-62H2,1-18H3,(H,95,97)(H,96,98)/t75-,76-,77-,78-/m1/s1. The van der Waals surface area contributed by atoms with E-state index in [9.17, 15) is 10.2 Å². The van der Waals surface area contributed by atoms with Crippen LogP contribution in [0.25, 0.3) is 0 Å². The van der Waals surface area contributed by atoms with Crippen LogP contribution in [0.4, 0.5) is 0 Å². The molecule has 0 spiro atoms. The second-order valence-corrected chi connectivity index (χ2v) is 46.4. The number of phenolic OH excluding ortho intramolecular Hbond substituents is 2. The number of nitrogens with one attached hydrogen (secondary N) is 2. The van der Waals surface area contributed by atoms with Crippen molar-refractivity contribution in [2.45, 2.75) is 232 Å². The Labute approximate surface area is 648 Å². The predicted molar refractivity (Wildman–Crippen MR) is 451 cm³/mol. The molecule has 0 unspecified atom stereocenters. The molecule has 14 heteroatoms. The van der Waals surface area contributed by atoms with Crippen molar-refractivity contribution in [2.24, 2.45) is 9.98 Å². The third kappa shape index (κ3) is 16.5. The van der Waals surface area contributed by atoms with E-state index in [-0.39, 0.29) is 67.4 Å².